The van der Waals surface area contributed by atoms with Gasteiger partial charge in [0, 0.05) is 39.5 Å². The number of carbonyl (C=O) groups is 1. The first-order valence-corrected chi connectivity index (χ1v) is 10.1. The van der Waals surface area contributed by atoms with Crippen molar-refractivity contribution >= 4 is 16.3 Å². The largest absolute Gasteiger partial charge is 0.508 e. The van der Waals surface area contributed by atoms with Gasteiger partial charge in [-0.1, -0.05) is 18.2 Å². The normalized spacial score (nSPS) is 12.3. The average Bonchev–Trinajstić information content (AvgIpc) is 2.65. The van der Waals surface area contributed by atoms with Gasteiger partial charge in [0.05, 0.1) is 0 Å². The summed E-state index contributed by atoms with van der Waals surface area (Å²) >= 11 is 0. The molecule has 0 atom stereocenters. The van der Waals surface area contributed by atoms with Crippen LogP contribution >= 0.6 is 10.3 Å². The number of hydrogen-bond acceptors (Lipinski definition) is 8. The van der Waals surface area contributed by atoms with E-state index in [1.54, 1.807) is 0 Å². The van der Waals surface area contributed by atoms with Crippen LogP contribution in [0.15, 0.2) is 69.3 Å². The minimum Gasteiger partial charge on any atom is -0.508 e. The van der Waals surface area contributed by atoms with Gasteiger partial charge in [-0.15, -0.1) is 0 Å². The van der Waals surface area contributed by atoms with Crippen molar-refractivity contribution in [3.63, 3.8) is 0 Å². The van der Waals surface area contributed by atoms with Gasteiger partial charge in [-0.3, -0.25) is 0 Å². The molecule has 3 rings (SSSR count). The topological polar surface area (TPSA) is 148 Å². The number of aromatic hydroxyl groups is 6. The van der Waals surface area contributed by atoms with Gasteiger partial charge in [0.15, 0.2) is 0 Å². The maximum atomic E-state index is 13.3. The molecule has 0 unspecified atom stereocenters. The molecule has 0 saturated carbocycles. The summed E-state index contributed by atoms with van der Waals surface area (Å²) in [6, 6.07) is 9.14. The molecular formula is C20H15F3O8S. The van der Waals surface area contributed by atoms with Gasteiger partial charge in [-0.05, 0) is 12.1 Å². The molecular weight excluding hydrogens is 457 g/mol. The Morgan fingerprint density at radius 1 is 0.719 bits per heavy atom. The molecule has 3 aromatic rings. The van der Waals surface area contributed by atoms with E-state index < -0.39 is 66.7 Å². The van der Waals surface area contributed by atoms with E-state index in [0.717, 1.165) is 0 Å². The van der Waals surface area contributed by atoms with Gasteiger partial charge in [-0.25, -0.2) is 4.79 Å². The zero-order valence-corrected chi connectivity index (χ0v) is 16.6. The summed E-state index contributed by atoms with van der Waals surface area (Å²) in [5, 5.41) is 61.3. The van der Waals surface area contributed by atoms with Gasteiger partial charge in [0.25, 0.3) is 0 Å². The van der Waals surface area contributed by atoms with Crippen LogP contribution in [0.1, 0.15) is 0 Å². The van der Waals surface area contributed by atoms with Crippen molar-refractivity contribution in [1.82, 2.24) is 0 Å². The van der Waals surface area contributed by atoms with Crippen LogP contribution < -0.4 is 0 Å². The lowest BCUT2D eigenvalue weighted by molar-refractivity contribution is -0.188. The van der Waals surface area contributed by atoms with Crippen LogP contribution in [0.2, 0.25) is 0 Å². The predicted octanol–water partition coefficient (Wildman–Crippen LogP) is 4.22. The van der Waals surface area contributed by atoms with Crippen molar-refractivity contribution in [3.8, 4) is 34.5 Å². The summed E-state index contributed by atoms with van der Waals surface area (Å²) < 4.78 is 44.7. The lowest BCUT2D eigenvalue weighted by atomic mass is 10.3. The molecule has 170 valence electrons. The highest BCUT2D eigenvalue weighted by atomic mass is 32.3. The van der Waals surface area contributed by atoms with Crippen LogP contribution in [-0.4, -0.2) is 42.8 Å². The van der Waals surface area contributed by atoms with Gasteiger partial charge >= 0.3 is 12.1 Å². The molecule has 0 radical (unpaired) electrons. The molecule has 0 aromatic heterocycles. The van der Waals surface area contributed by atoms with Crippen molar-refractivity contribution in [3.05, 3.63) is 54.6 Å². The smallest absolute Gasteiger partial charge is 0.491 e. The molecule has 3 aromatic carbocycles. The first-order chi connectivity index (χ1) is 14.9. The Morgan fingerprint density at radius 2 is 1.09 bits per heavy atom. The quantitative estimate of drug-likeness (QED) is 0.331. The third-order valence-corrected chi connectivity index (χ3v) is 7.47. The zero-order chi connectivity index (χ0) is 23.8. The number of phenolic OH excluding ortho intramolecular Hbond substituents is 6. The average molecular weight is 472 g/mol. The number of carbonyl (C=O) groups excluding carboxylic acids is 1. The molecule has 32 heavy (non-hydrogen) atoms. The highest BCUT2D eigenvalue weighted by molar-refractivity contribution is 8.30. The maximum Gasteiger partial charge on any atom is 0.491 e. The fourth-order valence-electron chi connectivity index (χ4n) is 3.00. The standard InChI is InChI=1S/C20H15F3O8S/c21-20(22,23)19(30)31-32(12-4-2-1-3-5-12,17-13(26)6-10(24)7-14(17)27)18-15(28)8-11(25)9-16(18)29/h1-9,24-29H. The highest BCUT2D eigenvalue weighted by Gasteiger charge is 2.50. The Morgan fingerprint density at radius 3 is 1.44 bits per heavy atom. The fourth-order valence-corrected chi connectivity index (χ4v) is 6.21. The minimum atomic E-state index is -5.54. The molecule has 0 fully saturated rings. The molecule has 8 nitrogen and oxygen atoms in total. The zero-order valence-electron chi connectivity index (χ0n) is 15.7. The molecule has 12 heteroatoms. The van der Waals surface area contributed by atoms with Crippen LogP contribution in [0, 0.1) is 0 Å². The van der Waals surface area contributed by atoms with Crippen LogP contribution in [0.5, 0.6) is 34.5 Å². The monoisotopic (exact) mass is 472 g/mol. The third-order valence-electron chi connectivity index (χ3n) is 4.15. The number of hydrogen-bond donors (Lipinski definition) is 6. The van der Waals surface area contributed by atoms with Gasteiger partial charge in [0.1, 0.15) is 44.3 Å². The van der Waals surface area contributed by atoms with Gasteiger partial charge < -0.3 is 34.8 Å². The number of rotatable bonds is 4. The van der Waals surface area contributed by atoms with Gasteiger partial charge in [-0.2, -0.15) is 13.2 Å². The Bertz CT molecular complexity index is 1080. The molecule has 6 N–H and O–H groups in total. The fraction of sp³-hybridized carbons (Fsp3) is 0.0500. The van der Waals surface area contributed by atoms with E-state index >= 15 is 0 Å². The Hall–Kier alpha value is -3.93. The third kappa shape index (κ3) is 3.87. The number of benzene rings is 3. The second-order valence-electron chi connectivity index (χ2n) is 6.36. The lowest BCUT2D eigenvalue weighted by Gasteiger charge is -2.40. The highest BCUT2D eigenvalue weighted by Crippen LogP contribution is 2.77. The maximum absolute atomic E-state index is 13.3. The summed E-state index contributed by atoms with van der Waals surface area (Å²) in [6.07, 6.45) is -5.54. The van der Waals surface area contributed by atoms with Crippen molar-refractivity contribution < 1.29 is 52.8 Å². The molecule has 0 spiro atoms. The van der Waals surface area contributed by atoms with Crippen molar-refractivity contribution in [2.24, 2.45) is 0 Å². The van der Waals surface area contributed by atoms with Crippen molar-refractivity contribution in [2.45, 2.75) is 20.9 Å². The van der Waals surface area contributed by atoms with E-state index in [4.69, 9.17) is 4.18 Å². The molecule has 0 aliphatic carbocycles. The SMILES string of the molecule is O=C(OS(c1ccccc1)(c1c(O)cc(O)cc1O)c1c(O)cc(O)cc1O)C(F)(F)F. The summed E-state index contributed by atoms with van der Waals surface area (Å²) in [5.41, 5.74) is 0. The van der Waals surface area contributed by atoms with Crippen molar-refractivity contribution in [1.29, 1.82) is 0 Å². The second-order valence-corrected chi connectivity index (χ2v) is 8.93. The summed E-state index contributed by atoms with van der Waals surface area (Å²) in [7, 11) is -4.26. The van der Waals surface area contributed by atoms with Crippen LogP contribution in [0.25, 0.3) is 0 Å². The molecule has 0 aliphatic rings. The van der Waals surface area contributed by atoms with E-state index in [0.29, 0.717) is 24.3 Å². The Labute approximate surface area is 179 Å². The number of phenols is 6. The molecule has 0 aliphatic heterocycles. The van der Waals surface area contributed by atoms with E-state index in [2.05, 4.69) is 0 Å². The van der Waals surface area contributed by atoms with E-state index in [1.165, 1.54) is 30.3 Å². The Balaban J connectivity index is 2.56. The summed E-state index contributed by atoms with van der Waals surface area (Å²) in [5.74, 6) is -8.09. The Kier molecular flexibility index (Phi) is 5.66. The van der Waals surface area contributed by atoms with Gasteiger partial charge in [0.2, 0.25) is 0 Å². The first-order valence-electron chi connectivity index (χ1n) is 8.57. The molecule has 0 heterocycles. The van der Waals surface area contributed by atoms with Crippen LogP contribution in [0.3, 0.4) is 0 Å². The second kappa shape index (κ2) is 7.96. The number of alkyl halides is 3. The molecule has 0 amide bonds. The summed E-state index contributed by atoms with van der Waals surface area (Å²) in [6.45, 7) is 0. The number of halogens is 3. The van der Waals surface area contributed by atoms with E-state index in [-0.39, 0.29) is 4.90 Å². The molecule has 0 saturated heterocycles. The first kappa shape index (κ1) is 22.7. The van der Waals surface area contributed by atoms with Crippen LogP contribution in [0.4, 0.5) is 13.2 Å². The lowest BCUT2D eigenvalue weighted by Crippen LogP contribution is -2.27. The minimum absolute atomic E-state index is 0.259. The van der Waals surface area contributed by atoms with Crippen molar-refractivity contribution in [2.75, 3.05) is 0 Å². The van der Waals surface area contributed by atoms with Crippen LogP contribution in [-0.2, 0) is 8.98 Å². The predicted molar refractivity (Wildman–Crippen MR) is 104 cm³/mol. The van der Waals surface area contributed by atoms with E-state index in [1.807, 2.05) is 0 Å². The molecule has 0 bridgehead atoms. The van der Waals surface area contributed by atoms with E-state index in [9.17, 15) is 48.6 Å². The summed E-state index contributed by atoms with van der Waals surface area (Å²) in [4.78, 5) is 10.1.